The van der Waals surface area contributed by atoms with Gasteiger partial charge in [-0.05, 0) is 31.7 Å². The third-order valence-corrected chi connectivity index (χ3v) is 4.68. The van der Waals surface area contributed by atoms with E-state index in [9.17, 15) is 4.79 Å². The van der Waals surface area contributed by atoms with Gasteiger partial charge in [-0.15, -0.1) is 0 Å². The largest absolute Gasteiger partial charge is 0.338 e. The van der Waals surface area contributed by atoms with Crippen molar-refractivity contribution in [3.63, 3.8) is 0 Å². The maximum atomic E-state index is 13.0. The fraction of sp³-hybridized carbons (Fsp3) is 0.611. The van der Waals surface area contributed by atoms with Gasteiger partial charge in [-0.3, -0.25) is 4.79 Å². The quantitative estimate of drug-likeness (QED) is 0.873. The van der Waals surface area contributed by atoms with Gasteiger partial charge in [0, 0.05) is 19.6 Å². The van der Waals surface area contributed by atoms with Gasteiger partial charge in [-0.2, -0.15) is 0 Å². The first-order valence-corrected chi connectivity index (χ1v) is 8.16. The van der Waals surface area contributed by atoms with Gasteiger partial charge < -0.3 is 10.6 Å². The first kappa shape index (κ1) is 16.0. The highest BCUT2D eigenvalue weighted by atomic mass is 16.2. The van der Waals surface area contributed by atoms with E-state index in [-0.39, 0.29) is 11.3 Å². The van der Waals surface area contributed by atoms with Crippen LogP contribution >= 0.6 is 0 Å². The highest BCUT2D eigenvalue weighted by Gasteiger charge is 2.42. The summed E-state index contributed by atoms with van der Waals surface area (Å²) in [7, 11) is 0. The van der Waals surface area contributed by atoms with Gasteiger partial charge in [-0.1, -0.05) is 49.6 Å². The highest BCUT2D eigenvalue weighted by molar-refractivity contribution is 5.83. The summed E-state index contributed by atoms with van der Waals surface area (Å²) in [4.78, 5) is 15.0. The Morgan fingerprint density at radius 1 is 1.24 bits per heavy atom. The summed E-state index contributed by atoms with van der Waals surface area (Å²) in [6, 6.07) is 8.46. The molecule has 1 aromatic carbocycles. The average molecular weight is 288 g/mol. The Hall–Kier alpha value is -1.35. The standard InChI is InChI=1S/C18H28N2O/c1-3-12-20(13-16-8-6-15(2)7-9-16)17(21)18(14-19)10-4-5-11-18/h6-9H,3-5,10-14,19H2,1-2H3. The molecule has 1 aromatic rings. The molecule has 0 aromatic heterocycles. The lowest BCUT2D eigenvalue weighted by Crippen LogP contribution is -2.46. The Labute approximate surface area is 128 Å². The van der Waals surface area contributed by atoms with Crippen LogP contribution in [0.1, 0.15) is 50.2 Å². The number of rotatable bonds is 6. The number of nitrogens with zero attached hydrogens (tertiary/aromatic N) is 1. The molecule has 21 heavy (non-hydrogen) atoms. The van der Waals surface area contributed by atoms with Gasteiger partial charge in [0.1, 0.15) is 0 Å². The molecule has 1 saturated carbocycles. The number of carbonyl (C=O) groups excluding carboxylic acids is 1. The number of carbonyl (C=O) groups is 1. The summed E-state index contributed by atoms with van der Waals surface area (Å²) >= 11 is 0. The molecule has 116 valence electrons. The summed E-state index contributed by atoms with van der Waals surface area (Å²) in [6.07, 6.45) is 5.16. The van der Waals surface area contributed by atoms with Crippen molar-refractivity contribution in [2.45, 2.75) is 52.5 Å². The van der Waals surface area contributed by atoms with Gasteiger partial charge in [0.05, 0.1) is 5.41 Å². The van der Waals surface area contributed by atoms with Gasteiger partial charge in [0.2, 0.25) is 5.91 Å². The van der Waals surface area contributed by atoms with E-state index < -0.39 is 0 Å². The van der Waals surface area contributed by atoms with Crippen molar-refractivity contribution in [2.24, 2.45) is 11.1 Å². The van der Waals surface area contributed by atoms with Crippen LogP contribution in [0.2, 0.25) is 0 Å². The summed E-state index contributed by atoms with van der Waals surface area (Å²) in [5.74, 6) is 0.268. The number of nitrogens with two attached hydrogens (primary N) is 1. The zero-order chi connectivity index (χ0) is 15.3. The predicted octanol–water partition coefficient (Wildman–Crippen LogP) is 3.25. The molecule has 1 amide bonds. The Morgan fingerprint density at radius 3 is 2.38 bits per heavy atom. The van der Waals surface area contributed by atoms with Crippen LogP contribution < -0.4 is 5.73 Å². The maximum absolute atomic E-state index is 13.0. The zero-order valence-electron chi connectivity index (χ0n) is 13.4. The molecule has 2 N–H and O–H groups in total. The van der Waals surface area contributed by atoms with Crippen molar-refractivity contribution in [2.75, 3.05) is 13.1 Å². The lowest BCUT2D eigenvalue weighted by atomic mass is 9.84. The molecule has 3 nitrogen and oxygen atoms in total. The lowest BCUT2D eigenvalue weighted by molar-refractivity contribution is -0.142. The molecule has 3 heteroatoms. The molecule has 1 aliphatic carbocycles. The summed E-state index contributed by atoms with van der Waals surface area (Å²) < 4.78 is 0. The SMILES string of the molecule is CCCN(Cc1ccc(C)cc1)C(=O)C1(CN)CCCC1. The topological polar surface area (TPSA) is 46.3 Å². The molecule has 0 radical (unpaired) electrons. The Morgan fingerprint density at radius 2 is 1.86 bits per heavy atom. The number of aryl methyl sites for hydroxylation is 1. The minimum absolute atomic E-state index is 0.268. The van der Waals surface area contributed by atoms with Crippen molar-refractivity contribution in [3.05, 3.63) is 35.4 Å². The van der Waals surface area contributed by atoms with Crippen LogP contribution in [-0.2, 0) is 11.3 Å². The minimum atomic E-state index is -0.292. The van der Waals surface area contributed by atoms with E-state index in [1.165, 1.54) is 11.1 Å². The smallest absolute Gasteiger partial charge is 0.230 e. The van der Waals surface area contributed by atoms with E-state index in [2.05, 4.69) is 38.1 Å². The van der Waals surface area contributed by atoms with Gasteiger partial charge >= 0.3 is 0 Å². The van der Waals surface area contributed by atoms with Gasteiger partial charge in [0.25, 0.3) is 0 Å². The first-order chi connectivity index (χ1) is 10.1. The van der Waals surface area contributed by atoms with E-state index >= 15 is 0 Å². The molecule has 1 fully saturated rings. The molecule has 0 bridgehead atoms. The molecule has 1 aliphatic rings. The van der Waals surface area contributed by atoms with E-state index in [0.717, 1.165) is 38.6 Å². The molecule has 0 saturated heterocycles. The van der Waals surface area contributed by atoms with Crippen LogP contribution in [0, 0.1) is 12.3 Å². The highest BCUT2D eigenvalue weighted by Crippen LogP contribution is 2.39. The molecule has 0 heterocycles. The molecule has 2 rings (SSSR count). The molecular weight excluding hydrogens is 260 g/mol. The summed E-state index contributed by atoms with van der Waals surface area (Å²) in [5, 5.41) is 0. The fourth-order valence-corrected chi connectivity index (χ4v) is 3.33. The third kappa shape index (κ3) is 3.65. The molecule has 0 spiro atoms. The van der Waals surface area contributed by atoms with Crippen LogP contribution in [0.25, 0.3) is 0 Å². The number of amides is 1. The van der Waals surface area contributed by atoms with Crippen LogP contribution in [0.15, 0.2) is 24.3 Å². The number of hydrogen-bond donors (Lipinski definition) is 1. The number of hydrogen-bond acceptors (Lipinski definition) is 2. The van der Waals surface area contributed by atoms with Crippen LogP contribution in [-0.4, -0.2) is 23.9 Å². The Balaban J connectivity index is 2.13. The van der Waals surface area contributed by atoms with Crippen molar-refractivity contribution in [1.29, 1.82) is 0 Å². The number of benzene rings is 1. The van der Waals surface area contributed by atoms with Crippen LogP contribution in [0.5, 0.6) is 0 Å². The van der Waals surface area contributed by atoms with E-state index in [1.807, 2.05) is 4.90 Å². The van der Waals surface area contributed by atoms with Crippen LogP contribution in [0.4, 0.5) is 0 Å². The fourth-order valence-electron chi connectivity index (χ4n) is 3.33. The minimum Gasteiger partial charge on any atom is -0.338 e. The van der Waals surface area contributed by atoms with Crippen molar-refractivity contribution in [3.8, 4) is 0 Å². The maximum Gasteiger partial charge on any atom is 0.230 e. The predicted molar refractivity (Wildman–Crippen MR) is 86.8 cm³/mol. The van der Waals surface area contributed by atoms with Gasteiger partial charge in [-0.25, -0.2) is 0 Å². The van der Waals surface area contributed by atoms with E-state index in [0.29, 0.717) is 13.1 Å². The normalized spacial score (nSPS) is 16.9. The van der Waals surface area contributed by atoms with Crippen molar-refractivity contribution in [1.82, 2.24) is 4.90 Å². The summed E-state index contributed by atoms with van der Waals surface area (Å²) in [5.41, 5.74) is 8.13. The lowest BCUT2D eigenvalue weighted by Gasteiger charge is -2.33. The molecule has 0 atom stereocenters. The van der Waals surface area contributed by atoms with Crippen LogP contribution in [0.3, 0.4) is 0 Å². The molecule has 0 unspecified atom stereocenters. The second-order valence-corrected chi connectivity index (χ2v) is 6.40. The average Bonchev–Trinajstić information content (AvgIpc) is 2.98. The van der Waals surface area contributed by atoms with Gasteiger partial charge in [0.15, 0.2) is 0 Å². The monoisotopic (exact) mass is 288 g/mol. The van der Waals surface area contributed by atoms with Crippen molar-refractivity contribution >= 4 is 5.91 Å². The first-order valence-electron chi connectivity index (χ1n) is 8.16. The van der Waals surface area contributed by atoms with Crippen molar-refractivity contribution < 1.29 is 4.79 Å². The van der Waals surface area contributed by atoms with E-state index in [4.69, 9.17) is 5.73 Å². The Bertz CT molecular complexity index is 461. The Kier molecular flexibility index (Phi) is 5.40. The summed E-state index contributed by atoms with van der Waals surface area (Å²) in [6.45, 7) is 6.21. The molecular formula is C18H28N2O. The van der Waals surface area contributed by atoms with E-state index in [1.54, 1.807) is 0 Å². The second-order valence-electron chi connectivity index (χ2n) is 6.40. The second kappa shape index (κ2) is 7.08. The zero-order valence-corrected chi connectivity index (χ0v) is 13.4. The third-order valence-electron chi connectivity index (χ3n) is 4.68. The molecule has 0 aliphatic heterocycles.